The summed E-state index contributed by atoms with van der Waals surface area (Å²) in [6, 6.07) is 9.72. The van der Waals surface area contributed by atoms with E-state index in [1.165, 1.54) is 0 Å². The number of methoxy groups -OCH3 is 1. The van der Waals surface area contributed by atoms with E-state index in [0.717, 1.165) is 28.0 Å². The molecule has 0 radical (unpaired) electrons. The lowest BCUT2D eigenvalue weighted by Gasteiger charge is -2.19. The number of nitrogens with zero attached hydrogens (tertiary/aromatic N) is 4. The Bertz CT molecular complexity index is 955. The van der Waals surface area contributed by atoms with Crippen molar-refractivity contribution in [1.82, 2.24) is 20.1 Å². The van der Waals surface area contributed by atoms with Crippen LogP contribution in [0.3, 0.4) is 0 Å². The molecule has 0 aliphatic carbocycles. The zero-order chi connectivity index (χ0) is 18.8. The molecular weight excluding hydrogens is 342 g/mol. The van der Waals surface area contributed by atoms with Crippen LogP contribution in [-0.4, -0.2) is 46.3 Å². The van der Waals surface area contributed by atoms with Gasteiger partial charge < -0.3 is 9.64 Å². The van der Waals surface area contributed by atoms with E-state index in [-0.39, 0.29) is 6.03 Å². The monoisotopic (exact) mass is 363 g/mol. The fourth-order valence-electron chi connectivity index (χ4n) is 3.32. The predicted molar refractivity (Wildman–Crippen MR) is 103 cm³/mol. The van der Waals surface area contributed by atoms with Crippen molar-refractivity contribution >= 4 is 11.8 Å². The molecule has 7 heteroatoms. The number of carbonyl (C=O) groups is 1. The summed E-state index contributed by atoms with van der Waals surface area (Å²) in [5.41, 5.74) is 4.09. The molecule has 0 saturated carbocycles. The first-order valence-corrected chi connectivity index (χ1v) is 8.81. The van der Waals surface area contributed by atoms with Gasteiger partial charge in [0.25, 0.3) is 0 Å². The van der Waals surface area contributed by atoms with Crippen molar-refractivity contribution in [3.8, 4) is 16.9 Å². The third-order valence-electron chi connectivity index (χ3n) is 4.78. The molecule has 1 saturated heterocycles. The summed E-state index contributed by atoms with van der Waals surface area (Å²) in [6.45, 7) is 3.86. The number of carbonyl (C=O) groups excluding carboxylic acids is 1. The number of aromatic nitrogens is 3. The molecule has 4 rings (SSSR count). The van der Waals surface area contributed by atoms with Crippen LogP contribution in [0.5, 0.6) is 5.75 Å². The summed E-state index contributed by atoms with van der Waals surface area (Å²) in [4.78, 5) is 20.9. The van der Waals surface area contributed by atoms with Gasteiger partial charge in [-0.15, -0.1) is 0 Å². The number of aryl methyl sites for hydroxylation is 1. The molecule has 138 valence electrons. The highest BCUT2D eigenvalue weighted by molar-refractivity contribution is 5.93. The van der Waals surface area contributed by atoms with Crippen LogP contribution in [0.2, 0.25) is 0 Å². The largest absolute Gasteiger partial charge is 0.497 e. The molecule has 3 heterocycles. The number of aromatic amines is 1. The van der Waals surface area contributed by atoms with Crippen LogP contribution >= 0.6 is 0 Å². The minimum absolute atomic E-state index is 0.0271. The summed E-state index contributed by atoms with van der Waals surface area (Å²) < 4.78 is 5.26. The van der Waals surface area contributed by atoms with E-state index in [1.54, 1.807) is 24.4 Å². The van der Waals surface area contributed by atoms with E-state index < -0.39 is 0 Å². The molecule has 2 aromatic heterocycles. The van der Waals surface area contributed by atoms with Gasteiger partial charge >= 0.3 is 6.03 Å². The number of rotatable bonds is 5. The van der Waals surface area contributed by atoms with Gasteiger partial charge in [-0.05, 0) is 36.2 Å². The molecule has 1 aliphatic heterocycles. The van der Waals surface area contributed by atoms with Crippen LogP contribution in [0.1, 0.15) is 11.1 Å². The summed E-state index contributed by atoms with van der Waals surface area (Å²) >= 11 is 0. The van der Waals surface area contributed by atoms with Gasteiger partial charge in [0.05, 0.1) is 13.3 Å². The average molecular weight is 363 g/mol. The first-order valence-electron chi connectivity index (χ1n) is 8.81. The van der Waals surface area contributed by atoms with Crippen LogP contribution in [-0.2, 0) is 6.54 Å². The predicted octanol–water partition coefficient (Wildman–Crippen LogP) is 3.23. The van der Waals surface area contributed by atoms with Crippen LogP contribution in [0.4, 0.5) is 10.6 Å². The summed E-state index contributed by atoms with van der Waals surface area (Å²) in [5, 5.41) is 6.79. The van der Waals surface area contributed by atoms with Gasteiger partial charge in [-0.2, -0.15) is 5.10 Å². The third-order valence-corrected chi connectivity index (χ3v) is 4.78. The van der Waals surface area contributed by atoms with Gasteiger partial charge in [0.15, 0.2) is 0 Å². The first-order chi connectivity index (χ1) is 13.2. The lowest BCUT2D eigenvalue weighted by molar-refractivity contribution is 0.218. The number of ether oxygens (including phenoxy) is 1. The Hall–Kier alpha value is -3.35. The second kappa shape index (κ2) is 7.11. The lowest BCUT2D eigenvalue weighted by Crippen LogP contribution is -2.32. The number of amides is 2. The first kappa shape index (κ1) is 17.1. The van der Waals surface area contributed by atoms with Crippen molar-refractivity contribution in [1.29, 1.82) is 0 Å². The number of hydrogen-bond donors (Lipinski definition) is 1. The Balaban J connectivity index is 1.51. The van der Waals surface area contributed by atoms with Crippen molar-refractivity contribution in [3.63, 3.8) is 0 Å². The Morgan fingerprint density at radius 1 is 1.22 bits per heavy atom. The number of anilines is 1. The molecule has 0 atom stereocenters. The normalized spacial score (nSPS) is 14.1. The Morgan fingerprint density at radius 2 is 2.11 bits per heavy atom. The highest BCUT2D eigenvalue weighted by Crippen LogP contribution is 2.27. The highest BCUT2D eigenvalue weighted by Gasteiger charge is 2.30. The summed E-state index contributed by atoms with van der Waals surface area (Å²) in [6.07, 6.45) is 5.40. The van der Waals surface area contributed by atoms with Gasteiger partial charge in [-0.3, -0.25) is 10.00 Å². The number of hydrogen-bond acceptors (Lipinski definition) is 4. The fourth-order valence-corrected chi connectivity index (χ4v) is 3.32. The topological polar surface area (TPSA) is 74.3 Å². The molecular formula is C20H21N5O2. The van der Waals surface area contributed by atoms with Crippen LogP contribution in [0.15, 0.2) is 48.9 Å². The van der Waals surface area contributed by atoms with Crippen molar-refractivity contribution in [3.05, 3.63) is 60.0 Å². The molecule has 27 heavy (non-hydrogen) atoms. The number of urea groups is 1. The second-order valence-corrected chi connectivity index (χ2v) is 6.55. The molecule has 1 aliphatic rings. The zero-order valence-corrected chi connectivity index (χ0v) is 15.3. The molecule has 0 spiro atoms. The molecule has 2 amide bonds. The van der Waals surface area contributed by atoms with Crippen molar-refractivity contribution in [2.24, 2.45) is 0 Å². The SMILES string of the molecule is COc1cccc(CN2CCN(c3cc(C)c(-c4cn[nH]c4)cn3)C2=O)c1. The Kier molecular flexibility index (Phi) is 4.50. The Morgan fingerprint density at radius 3 is 2.85 bits per heavy atom. The van der Waals surface area contributed by atoms with Crippen molar-refractivity contribution < 1.29 is 9.53 Å². The smallest absolute Gasteiger partial charge is 0.326 e. The number of H-pyrrole nitrogens is 1. The molecule has 0 bridgehead atoms. The fraction of sp³-hybridized carbons (Fsp3) is 0.250. The quantitative estimate of drug-likeness (QED) is 0.755. The van der Waals surface area contributed by atoms with E-state index >= 15 is 0 Å². The third kappa shape index (κ3) is 3.36. The average Bonchev–Trinajstić information content (AvgIpc) is 3.33. The van der Waals surface area contributed by atoms with Gasteiger partial charge in [0.1, 0.15) is 11.6 Å². The van der Waals surface area contributed by atoms with E-state index in [0.29, 0.717) is 25.5 Å². The van der Waals surface area contributed by atoms with E-state index in [9.17, 15) is 4.79 Å². The highest BCUT2D eigenvalue weighted by atomic mass is 16.5. The molecule has 3 aromatic rings. The molecule has 7 nitrogen and oxygen atoms in total. The zero-order valence-electron chi connectivity index (χ0n) is 15.3. The minimum Gasteiger partial charge on any atom is -0.497 e. The maximum atomic E-state index is 12.9. The van der Waals surface area contributed by atoms with Crippen LogP contribution in [0.25, 0.3) is 11.1 Å². The van der Waals surface area contributed by atoms with Crippen molar-refractivity contribution in [2.75, 3.05) is 25.1 Å². The van der Waals surface area contributed by atoms with Gasteiger partial charge in [-0.25, -0.2) is 9.78 Å². The number of pyridine rings is 1. The number of nitrogens with one attached hydrogen (secondary N) is 1. The Labute approximate surface area is 157 Å². The van der Waals surface area contributed by atoms with Crippen molar-refractivity contribution in [2.45, 2.75) is 13.5 Å². The van der Waals surface area contributed by atoms with Gasteiger partial charge in [-0.1, -0.05) is 12.1 Å². The minimum atomic E-state index is -0.0271. The number of benzene rings is 1. The van der Waals surface area contributed by atoms with E-state index in [4.69, 9.17) is 4.74 Å². The maximum absolute atomic E-state index is 12.9. The molecule has 1 aromatic carbocycles. The van der Waals surface area contributed by atoms with E-state index in [2.05, 4.69) is 15.2 Å². The molecule has 1 fully saturated rings. The maximum Gasteiger partial charge on any atom is 0.326 e. The van der Waals surface area contributed by atoms with Crippen LogP contribution < -0.4 is 9.64 Å². The van der Waals surface area contributed by atoms with E-state index in [1.807, 2.05) is 48.4 Å². The lowest BCUT2D eigenvalue weighted by atomic mass is 10.1. The van der Waals surface area contributed by atoms with Gasteiger partial charge in [0, 0.05) is 43.2 Å². The van der Waals surface area contributed by atoms with Crippen LogP contribution in [0, 0.1) is 6.92 Å². The standard InChI is InChI=1S/C20H21N5O2/c1-14-8-19(21-12-18(14)16-10-22-23-11-16)25-7-6-24(20(25)26)13-15-4-3-5-17(9-15)27-2/h3-5,8-12H,6-7,13H2,1-2H3,(H,22,23). The van der Waals surface area contributed by atoms with Gasteiger partial charge in [0.2, 0.25) is 0 Å². The molecule has 1 N–H and O–H groups in total. The second-order valence-electron chi connectivity index (χ2n) is 6.55. The summed E-state index contributed by atoms with van der Waals surface area (Å²) in [5.74, 6) is 1.47. The molecule has 0 unspecified atom stereocenters. The summed E-state index contributed by atoms with van der Waals surface area (Å²) in [7, 11) is 1.64.